The molecular weight excluding hydrogens is 374 g/mol. The summed E-state index contributed by atoms with van der Waals surface area (Å²) in [5, 5.41) is 3.91. The van der Waals surface area contributed by atoms with Crippen molar-refractivity contribution in [2.75, 3.05) is 24.5 Å². The van der Waals surface area contributed by atoms with E-state index in [0.717, 1.165) is 23.4 Å². The molecule has 6 heteroatoms. The van der Waals surface area contributed by atoms with Crippen LogP contribution in [0, 0.1) is 0 Å². The smallest absolute Gasteiger partial charge is 0.255 e. The van der Waals surface area contributed by atoms with Crippen molar-refractivity contribution >= 4 is 29.1 Å². The van der Waals surface area contributed by atoms with Crippen LogP contribution in [0.15, 0.2) is 48.5 Å². The number of likely N-dealkylation sites (tertiary alicyclic amines) is 1. The van der Waals surface area contributed by atoms with E-state index >= 15 is 0 Å². The molecule has 0 atom stereocenters. The maximum atomic E-state index is 12.7. The molecule has 2 aromatic carbocycles. The van der Waals surface area contributed by atoms with Gasteiger partial charge in [-0.05, 0) is 36.8 Å². The van der Waals surface area contributed by atoms with Crippen LogP contribution in [0.5, 0.6) is 0 Å². The molecule has 4 rings (SSSR count). The molecule has 28 heavy (non-hydrogen) atoms. The molecule has 0 aromatic heterocycles. The van der Waals surface area contributed by atoms with Crippen LogP contribution in [0.2, 0.25) is 5.02 Å². The Balaban J connectivity index is 1.47. The third kappa shape index (κ3) is 3.35. The third-order valence-corrected chi connectivity index (χ3v) is 6.08. The highest BCUT2D eigenvalue weighted by molar-refractivity contribution is 6.30. The summed E-state index contributed by atoms with van der Waals surface area (Å²) in [6.07, 6.45) is 1.80. The van der Waals surface area contributed by atoms with Crippen LogP contribution >= 0.6 is 11.6 Å². The number of amides is 2. The van der Waals surface area contributed by atoms with E-state index in [4.69, 9.17) is 11.6 Å². The van der Waals surface area contributed by atoms with Crippen molar-refractivity contribution in [2.24, 2.45) is 0 Å². The Morgan fingerprint density at radius 1 is 1.11 bits per heavy atom. The standard InChI is InChI=1S/C22H24ClN3O2/c1-2-26-19-6-4-3-5-18(19)21(28)24-22(26)11-13-25(14-12-22)20(27)15-16-7-9-17(23)10-8-16/h3-10H,2,11-15H2,1H3,(H,24,28). The Hall–Kier alpha value is -2.53. The van der Waals surface area contributed by atoms with Gasteiger partial charge >= 0.3 is 0 Å². The molecule has 0 aliphatic carbocycles. The lowest BCUT2D eigenvalue weighted by molar-refractivity contribution is -0.132. The highest BCUT2D eigenvalue weighted by atomic mass is 35.5. The van der Waals surface area contributed by atoms with Crippen LogP contribution < -0.4 is 10.2 Å². The Kier molecular flexibility index (Phi) is 5.02. The highest BCUT2D eigenvalue weighted by Gasteiger charge is 2.45. The normalized spacial score (nSPS) is 18.0. The molecule has 2 aliphatic heterocycles. The number of hydrogen-bond donors (Lipinski definition) is 1. The van der Waals surface area contributed by atoms with Crippen LogP contribution in [0.4, 0.5) is 5.69 Å². The number of carbonyl (C=O) groups excluding carboxylic acids is 2. The number of fused-ring (bicyclic) bond motifs is 1. The van der Waals surface area contributed by atoms with Crippen molar-refractivity contribution < 1.29 is 9.59 Å². The monoisotopic (exact) mass is 397 g/mol. The van der Waals surface area contributed by atoms with E-state index in [1.165, 1.54) is 0 Å². The lowest BCUT2D eigenvalue weighted by atomic mass is 9.89. The van der Waals surface area contributed by atoms with Gasteiger partial charge in [-0.2, -0.15) is 0 Å². The zero-order chi connectivity index (χ0) is 19.7. The van der Waals surface area contributed by atoms with Crippen LogP contribution in [0.25, 0.3) is 0 Å². The summed E-state index contributed by atoms with van der Waals surface area (Å²) in [6, 6.07) is 15.1. The molecule has 2 heterocycles. The lowest BCUT2D eigenvalue weighted by Crippen LogP contribution is -2.68. The van der Waals surface area contributed by atoms with E-state index < -0.39 is 5.66 Å². The number of anilines is 1. The fourth-order valence-corrected chi connectivity index (χ4v) is 4.49. The molecule has 2 aliphatic rings. The number of benzene rings is 2. The molecule has 0 bridgehead atoms. The Morgan fingerprint density at radius 2 is 1.79 bits per heavy atom. The van der Waals surface area contributed by atoms with Crippen molar-refractivity contribution in [1.82, 2.24) is 10.2 Å². The first-order valence-corrected chi connectivity index (χ1v) is 10.1. The van der Waals surface area contributed by atoms with Gasteiger partial charge in [-0.1, -0.05) is 35.9 Å². The van der Waals surface area contributed by atoms with Gasteiger partial charge in [-0.25, -0.2) is 0 Å². The predicted octanol–water partition coefficient (Wildman–Crippen LogP) is 3.47. The third-order valence-electron chi connectivity index (χ3n) is 5.83. The Bertz CT molecular complexity index is 889. The maximum Gasteiger partial charge on any atom is 0.255 e. The number of rotatable bonds is 3. The zero-order valence-corrected chi connectivity index (χ0v) is 16.7. The predicted molar refractivity (Wildman–Crippen MR) is 111 cm³/mol. The summed E-state index contributed by atoms with van der Waals surface area (Å²) in [4.78, 5) is 29.6. The summed E-state index contributed by atoms with van der Waals surface area (Å²) in [6.45, 7) is 4.17. The van der Waals surface area contributed by atoms with Crippen molar-refractivity contribution in [1.29, 1.82) is 0 Å². The van der Waals surface area contributed by atoms with Crippen molar-refractivity contribution in [2.45, 2.75) is 31.8 Å². The summed E-state index contributed by atoms with van der Waals surface area (Å²) >= 11 is 5.92. The molecule has 0 radical (unpaired) electrons. The van der Waals surface area contributed by atoms with Crippen molar-refractivity contribution in [3.8, 4) is 0 Å². The first-order valence-electron chi connectivity index (χ1n) is 9.74. The lowest BCUT2D eigenvalue weighted by Gasteiger charge is -2.52. The van der Waals surface area contributed by atoms with Crippen LogP contribution in [0.1, 0.15) is 35.7 Å². The van der Waals surface area contributed by atoms with Gasteiger partial charge in [0.25, 0.3) is 5.91 Å². The molecule has 2 aromatic rings. The summed E-state index contributed by atoms with van der Waals surface area (Å²) in [7, 11) is 0. The van der Waals surface area contributed by atoms with Crippen molar-refractivity contribution in [3.05, 3.63) is 64.7 Å². The first-order chi connectivity index (χ1) is 13.5. The topological polar surface area (TPSA) is 52.7 Å². The van der Waals surface area contributed by atoms with E-state index in [-0.39, 0.29) is 11.8 Å². The van der Waals surface area contributed by atoms with Crippen LogP contribution in [-0.4, -0.2) is 42.0 Å². The average Bonchev–Trinajstić information content (AvgIpc) is 2.70. The van der Waals surface area contributed by atoms with Gasteiger partial charge in [0.15, 0.2) is 0 Å². The van der Waals surface area contributed by atoms with E-state index in [1.54, 1.807) is 0 Å². The quantitative estimate of drug-likeness (QED) is 0.862. The molecule has 1 spiro atoms. The van der Waals surface area contributed by atoms with Gasteiger partial charge < -0.3 is 15.1 Å². The minimum Gasteiger partial charge on any atom is -0.348 e. The molecular formula is C22H24ClN3O2. The first kappa shape index (κ1) is 18.8. The number of hydrogen-bond acceptors (Lipinski definition) is 3. The molecule has 0 saturated carbocycles. The SMILES string of the molecule is CCN1c2ccccc2C(=O)NC12CCN(C(=O)Cc1ccc(Cl)cc1)CC2. The van der Waals surface area contributed by atoms with E-state index in [0.29, 0.717) is 37.4 Å². The maximum absolute atomic E-state index is 12.7. The fourth-order valence-electron chi connectivity index (χ4n) is 4.36. The second-order valence-electron chi connectivity index (χ2n) is 7.43. The van der Waals surface area contributed by atoms with E-state index in [2.05, 4.69) is 17.1 Å². The number of halogens is 1. The molecule has 1 N–H and O–H groups in total. The summed E-state index contributed by atoms with van der Waals surface area (Å²) in [5.74, 6) is 0.0870. The van der Waals surface area contributed by atoms with Gasteiger partial charge in [-0.3, -0.25) is 9.59 Å². The van der Waals surface area contributed by atoms with Gasteiger partial charge in [0.05, 0.1) is 17.7 Å². The van der Waals surface area contributed by atoms with Gasteiger partial charge in [0.2, 0.25) is 5.91 Å². The molecule has 1 saturated heterocycles. The fraction of sp³-hybridized carbons (Fsp3) is 0.364. The minimum atomic E-state index is -0.419. The van der Waals surface area contributed by atoms with Gasteiger partial charge in [0, 0.05) is 37.5 Å². The Morgan fingerprint density at radius 3 is 2.46 bits per heavy atom. The molecule has 1 fully saturated rings. The Labute approximate surface area is 170 Å². The van der Waals surface area contributed by atoms with Crippen LogP contribution in [0.3, 0.4) is 0 Å². The number of para-hydroxylation sites is 1. The number of piperidine rings is 1. The molecule has 2 amide bonds. The second kappa shape index (κ2) is 7.47. The summed E-state index contributed by atoms with van der Waals surface area (Å²) < 4.78 is 0. The average molecular weight is 398 g/mol. The van der Waals surface area contributed by atoms with Gasteiger partial charge in [-0.15, -0.1) is 0 Å². The molecule has 0 unspecified atom stereocenters. The molecule has 5 nitrogen and oxygen atoms in total. The number of nitrogens with one attached hydrogen (secondary N) is 1. The highest BCUT2D eigenvalue weighted by Crippen LogP contribution is 2.37. The van der Waals surface area contributed by atoms with Gasteiger partial charge in [0.1, 0.15) is 5.66 Å². The van der Waals surface area contributed by atoms with Crippen molar-refractivity contribution in [3.63, 3.8) is 0 Å². The zero-order valence-electron chi connectivity index (χ0n) is 16.0. The van der Waals surface area contributed by atoms with E-state index in [9.17, 15) is 9.59 Å². The number of nitrogens with zero attached hydrogens (tertiary/aromatic N) is 2. The van der Waals surface area contributed by atoms with Crippen LogP contribution in [-0.2, 0) is 11.2 Å². The number of carbonyl (C=O) groups is 2. The minimum absolute atomic E-state index is 0.0266. The molecule has 146 valence electrons. The summed E-state index contributed by atoms with van der Waals surface area (Å²) in [5.41, 5.74) is 2.24. The largest absolute Gasteiger partial charge is 0.348 e. The van der Waals surface area contributed by atoms with E-state index in [1.807, 2.05) is 53.4 Å². The second-order valence-corrected chi connectivity index (χ2v) is 7.87.